The maximum atomic E-state index is 13.7. The van der Waals surface area contributed by atoms with Crippen LogP contribution in [-0.4, -0.2) is 10.2 Å². The summed E-state index contributed by atoms with van der Waals surface area (Å²) in [6.45, 7) is 1.95. The van der Waals surface area contributed by atoms with Gasteiger partial charge in [0, 0.05) is 5.56 Å². The fourth-order valence-corrected chi connectivity index (χ4v) is 3.48. The number of carbonyl (C=O) groups is 1. The summed E-state index contributed by atoms with van der Waals surface area (Å²) in [6.07, 6.45) is 1.55. The van der Waals surface area contributed by atoms with Crippen molar-refractivity contribution >= 4 is 46.0 Å². The summed E-state index contributed by atoms with van der Waals surface area (Å²) in [5.41, 5.74) is 2.16. The number of aryl methyl sites for hydroxylation is 1. The number of hydrogen-bond donors (Lipinski definition) is 0. The van der Waals surface area contributed by atoms with E-state index in [-0.39, 0.29) is 11.7 Å². The van der Waals surface area contributed by atoms with Crippen LogP contribution in [0.2, 0.25) is 0 Å². The van der Waals surface area contributed by atoms with Crippen molar-refractivity contribution in [2.24, 2.45) is 0 Å². The molecule has 0 aromatic heterocycles. The van der Waals surface area contributed by atoms with Gasteiger partial charge in [-0.1, -0.05) is 54.3 Å². The first-order valence-corrected chi connectivity index (χ1v) is 7.88. The van der Waals surface area contributed by atoms with Gasteiger partial charge in [-0.2, -0.15) is 0 Å². The highest BCUT2D eigenvalue weighted by Crippen LogP contribution is 2.36. The third kappa shape index (κ3) is 2.82. The smallest absolute Gasteiger partial charge is 0.268 e. The van der Waals surface area contributed by atoms with Gasteiger partial charge in [-0.25, -0.2) is 4.39 Å². The summed E-state index contributed by atoms with van der Waals surface area (Å²) in [6, 6.07) is 13.9. The molecule has 0 unspecified atom stereocenters. The molecule has 3 rings (SSSR count). The van der Waals surface area contributed by atoms with Crippen LogP contribution in [0.3, 0.4) is 0 Å². The monoisotopic (exact) mass is 329 g/mol. The molecule has 0 bridgehead atoms. The van der Waals surface area contributed by atoms with Crippen molar-refractivity contribution in [3.8, 4) is 0 Å². The number of thioether (sulfide) groups is 1. The van der Waals surface area contributed by atoms with E-state index in [0.717, 1.165) is 11.3 Å². The molecule has 1 heterocycles. The fourth-order valence-electron chi connectivity index (χ4n) is 2.19. The molecule has 0 N–H and O–H groups in total. The zero-order valence-electron chi connectivity index (χ0n) is 11.7. The lowest BCUT2D eigenvalue weighted by Crippen LogP contribution is -2.27. The zero-order chi connectivity index (χ0) is 15.7. The molecule has 1 aliphatic rings. The second kappa shape index (κ2) is 6.02. The molecule has 0 spiro atoms. The van der Waals surface area contributed by atoms with E-state index in [4.69, 9.17) is 12.2 Å². The molecule has 1 aliphatic heterocycles. The van der Waals surface area contributed by atoms with Crippen LogP contribution in [0.5, 0.6) is 0 Å². The zero-order valence-corrected chi connectivity index (χ0v) is 13.4. The van der Waals surface area contributed by atoms with E-state index in [0.29, 0.717) is 14.8 Å². The second-order valence-electron chi connectivity index (χ2n) is 4.88. The molecule has 1 saturated heterocycles. The molecule has 5 heteroatoms. The Bertz CT molecular complexity index is 801. The Morgan fingerprint density at radius 2 is 1.95 bits per heavy atom. The summed E-state index contributed by atoms with van der Waals surface area (Å²) in [4.78, 5) is 14.5. The van der Waals surface area contributed by atoms with Gasteiger partial charge in [-0.15, -0.1) is 0 Å². The van der Waals surface area contributed by atoms with E-state index < -0.39 is 0 Å². The number of hydrogen-bond acceptors (Lipinski definition) is 3. The van der Waals surface area contributed by atoms with Gasteiger partial charge in [0.25, 0.3) is 5.91 Å². The normalized spacial score (nSPS) is 16.6. The average Bonchev–Trinajstić information content (AvgIpc) is 2.76. The van der Waals surface area contributed by atoms with Crippen molar-refractivity contribution in [1.82, 2.24) is 0 Å². The SMILES string of the molecule is Cc1cccc(N2C(=O)/C(=C/c3ccccc3F)SC2=S)c1. The molecule has 0 atom stereocenters. The van der Waals surface area contributed by atoms with Crippen molar-refractivity contribution in [2.75, 3.05) is 4.90 Å². The Hall–Kier alpha value is -1.98. The quantitative estimate of drug-likeness (QED) is 0.596. The topological polar surface area (TPSA) is 20.3 Å². The summed E-state index contributed by atoms with van der Waals surface area (Å²) >= 11 is 6.49. The van der Waals surface area contributed by atoms with Gasteiger partial charge in [0.05, 0.1) is 10.6 Å². The van der Waals surface area contributed by atoms with Gasteiger partial charge in [0.15, 0.2) is 4.32 Å². The van der Waals surface area contributed by atoms with Crippen molar-refractivity contribution in [3.05, 3.63) is 70.4 Å². The number of halogens is 1. The van der Waals surface area contributed by atoms with Crippen LogP contribution in [-0.2, 0) is 4.79 Å². The molecule has 110 valence electrons. The van der Waals surface area contributed by atoms with E-state index in [2.05, 4.69) is 0 Å². The number of thiocarbonyl (C=S) groups is 1. The molecule has 2 aromatic carbocycles. The average molecular weight is 329 g/mol. The van der Waals surface area contributed by atoms with E-state index in [9.17, 15) is 9.18 Å². The van der Waals surface area contributed by atoms with Gasteiger partial charge < -0.3 is 0 Å². The summed E-state index contributed by atoms with van der Waals surface area (Å²) in [5, 5.41) is 0. The highest BCUT2D eigenvalue weighted by atomic mass is 32.2. The number of nitrogens with zero attached hydrogens (tertiary/aromatic N) is 1. The Kier molecular flexibility index (Phi) is 4.09. The standard InChI is InChI=1S/C17H12FNOS2/c1-11-5-4-7-13(9-11)19-16(20)15(22-17(19)21)10-12-6-2-3-8-14(12)18/h2-10H,1H3/b15-10-. The van der Waals surface area contributed by atoms with E-state index in [1.54, 1.807) is 24.3 Å². The second-order valence-corrected chi connectivity index (χ2v) is 6.55. The maximum Gasteiger partial charge on any atom is 0.270 e. The molecule has 0 aliphatic carbocycles. The van der Waals surface area contributed by atoms with Crippen molar-refractivity contribution < 1.29 is 9.18 Å². The number of benzene rings is 2. The van der Waals surface area contributed by atoms with Gasteiger partial charge in [0.1, 0.15) is 5.82 Å². The van der Waals surface area contributed by atoms with Crippen molar-refractivity contribution in [2.45, 2.75) is 6.92 Å². The van der Waals surface area contributed by atoms with Crippen LogP contribution in [0.4, 0.5) is 10.1 Å². The molecule has 22 heavy (non-hydrogen) atoms. The first kappa shape index (κ1) is 14.9. The van der Waals surface area contributed by atoms with Crippen molar-refractivity contribution in [3.63, 3.8) is 0 Å². The molecular weight excluding hydrogens is 317 g/mol. The molecule has 1 fully saturated rings. The number of amides is 1. The minimum atomic E-state index is -0.358. The molecule has 2 nitrogen and oxygen atoms in total. The lowest BCUT2D eigenvalue weighted by atomic mass is 10.2. The summed E-state index contributed by atoms with van der Waals surface area (Å²) in [5.74, 6) is -0.577. The van der Waals surface area contributed by atoms with E-state index >= 15 is 0 Å². The Morgan fingerprint density at radius 1 is 1.18 bits per heavy atom. The molecule has 1 amide bonds. The van der Waals surface area contributed by atoms with Crippen LogP contribution in [0.25, 0.3) is 6.08 Å². The van der Waals surface area contributed by atoms with Crippen LogP contribution in [0.15, 0.2) is 53.4 Å². The Balaban J connectivity index is 1.97. The summed E-state index contributed by atoms with van der Waals surface area (Å²) in [7, 11) is 0. The third-order valence-electron chi connectivity index (χ3n) is 3.25. The predicted octanol–water partition coefficient (Wildman–Crippen LogP) is 4.54. The van der Waals surface area contributed by atoms with Crippen LogP contribution in [0, 0.1) is 12.7 Å². The first-order valence-electron chi connectivity index (χ1n) is 6.65. The van der Waals surface area contributed by atoms with E-state index in [1.165, 1.54) is 22.7 Å². The van der Waals surface area contributed by atoms with Gasteiger partial charge in [0.2, 0.25) is 0 Å². The Labute approximate surface area is 137 Å². The number of carbonyl (C=O) groups excluding carboxylic acids is 1. The van der Waals surface area contributed by atoms with Gasteiger partial charge in [-0.05, 0) is 36.8 Å². The van der Waals surface area contributed by atoms with Gasteiger partial charge >= 0.3 is 0 Å². The minimum absolute atomic E-state index is 0.219. The van der Waals surface area contributed by atoms with Crippen LogP contribution < -0.4 is 4.90 Å². The Morgan fingerprint density at radius 3 is 2.68 bits per heavy atom. The van der Waals surface area contributed by atoms with Crippen molar-refractivity contribution in [1.29, 1.82) is 0 Å². The summed E-state index contributed by atoms with van der Waals surface area (Å²) < 4.78 is 14.2. The fraction of sp³-hybridized carbons (Fsp3) is 0.0588. The largest absolute Gasteiger partial charge is 0.270 e. The highest BCUT2D eigenvalue weighted by Gasteiger charge is 2.33. The highest BCUT2D eigenvalue weighted by molar-refractivity contribution is 8.27. The third-order valence-corrected chi connectivity index (χ3v) is 4.55. The van der Waals surface area contributed by atoms with E-state index in [1.807, 2.05) is 31.2 Å². The minimum Gasteiger partial charge on any atom is -0.268 e. The predicted molar refractivity (Wildman–Crippen MR) is 93.2 cm³/mol. The molecule has 2 aromatic rings. The lowest BCUT2D eigenvalue weighted by molar-refractivity contribution is -0.113. The molecular formula is C17H12FNOS2. The van der Waals surface area contributed by atoms with Crippen LogP contribution in [0.1, 0.15) is 11.1 Å². The maximum absolute atomic E-state index is 13.7. The number of rotatable bonds is 2. The van der Waals surface area contributed by atoms with Crippen LogP contribution >= 0.6 is 24.0 Å². The lowest BCUT2D eigenvalue weighted by Gasteiger charge is -2.14. The first-order chi connectivity index (χ1) is 10.6. The molecule has 0 saturated carbocycles. The number of anilines is 1. The molecule has 0 radical (unpaired) electrons. The van der Waals surface area contributed by atoms with Gasteiger partial charge in [-0.3, -0.25) is 9.69 Å².